The van der Waals surface area contributed by atoms with Crippen molar-refractivity contribution in [1.82, 2.24) is 25.4 Å². The number of carbonyl (C=O) groups is 2. The fourth-order valence-corrected chi connectivity index (χ4v) is 7.28. The predicted molar refractivity (Wildman–Crippen MR) is 172 cm³/mol. The molecule has 0 spiro atoms. The number of carbonyl (C=O) groups excluding carboxylic acids is 2. The number of hydrogen-bond donors (Lipinski definition) is 3. The SMILES string of the molecule is CC(C)(O)C#Cc1ccc(-c2cccc3c2CNC3=O)c(C(Cc2cc(F)cc(F)c2)NC(=O)Cn2nc(C(F)(F)F)c3c2C(F)(F)C2CCC32)n1. The molecule has 2 aromatic heterocycles. The van der Waals surface area contributed by atoms with Crippen molar-refractivity contribution < 1.29 is 45.4 Å². The second kappa shape index (κ2) is 12.5. The summed E-state index contributed by atoms with van der Waals surface area (Å²) < 4.78 is 102. The summed E-state index contributed by atoms with van der Waals surface area (Å²) in [6, 6.07) is 9.49. The standard InChI is InChI=1S/C37H30F7N5O3/c1-35(2,52)11-10-21-6-7-23(22-4-3-5-24-26(22)16-45-34(24)51)31(46-21)28(14-18-12-19(38)15-20(39)13-18)47-29(50)17-49-33-30(32(48-49)37(42,43)44)25-8-9-27(25)36(33,40)41/h3-7,12-13,15,25,27-28,52H,8-9,14,16-17H2,1-2H3,(H,45,51)(H,47,50). The van der Waals surface area contributed by atoms with Crippen LogP contribution in [0.3, 0.4) is 0 Å². The number of nitrogens with one attached hydrogen (secondary N) is 2. The van der Waals surface area contributed by atoms with Gasteiger partial charge in [-0.1, -0.05) is 18.1 Å². The summed E-state index contributed by atoms with van der Waals surface area (Å²) in [6.45, 7) is 2.00. The molecular formula is C37H30F7N5O3. The minimum Gasteiger partial charge on any atom is -0.378 e. The van der Waals surface area contributed by atoms with Crippen LogP contribution in [0.5, 0.6) is 0 Å². The number of pyridine rings is 1. The molecule has 52 heavy (non-hydrogen) atoms. The van der Waals surface area contributed by atoms with Crippen molar-refractivity contribution in [1.29, 1.82) is 0 Å². The van der Waals surface area contributed by atoms with Crippen molar-refractivity contribution in [3.05, 3.63) is 105 Å². The van der Waals surface area contributed by atoms with E-state index >= 15 is 8.78 Å². The van der Waals surface area contributed by atoms with Gasteiger partial charge >= 0.3 is 6.18 Å². The normalized spacial score (nSPS) is 19.1. The fraction of sp³-hybridized carbons (Fsp3) is 0.351. The molecule has 3 unspecified atom stereocenters. The zero-order valence-electron chi connectivity index (χ0n) is 27.6. The maximum absolute atomic E-state index is 15.5. The number of halogens is 7. The van der Waals surface area contributed by atoms with Crippen LogP contribution in [-0.4, -0.2) is 37.3 Å². The van der Waals surface area contributed by atoms with Crippen molar-refractivity contribution in [3.63, 3.8) is 0 Å². The Morgan fingerprint density at radius 1 is 1.08 bits per heavy atom. The topological polar surface area (TPSA) is 109 Å². The molecule has 0 saturated heterocycles. The highest BCUT2D eigenvalue weighted by Crippen LogP contribution is 2.64. The average Bonchev–Trinajstić information content (AvgIpc) is 3.63. The van der Waals surface area contributed by atoms with Gasteiger partial charge in [-0.15, -0.1) is 0 Å². The Hall–Kier alpha value is -5.23. The summed E-state index contributed by atoms with van der Waals surface area (Å²) in [7, 11) is 0. The van der Waals surface area contributed by atoms with Gasteiger partial charge in [-0.3, -0.25) is 14.3 Å². The monoisotopic (exact) mass is 725 g/mol. The van der Waals surface area contributed by atoms with Crippen LogP contribution >= 0.6 is 0 Å². The second-order valence-corrected chi connectivity index (χ2v) is 13.7. The van der Waals surface area contributed by atoms with Crippen LogP contribution in [0.25, 0.3) is 11.1 Å². The Balaban J connectivity index is 1.34. The minimum atomic E-state index is -5.05. The van der Waals surface area contributed by atoms with E-state index in [0.717, 1.165) is 12.1 Å². The van der Waals surface area contributed by atoms with Gasteiger partial charge in [-0.25, -0.2) is 13.8 Å². The van der Waals surface area contributed by atoms with Gasteiger partial charge in [0.25, 0.3) is 11.8 Å². The molecule has 0 bridgehead atoms. The van der Waals surface area contributed by atoms with E-state index in [1.54, 1.807) is 24.3 Å². The summed E-state index contributed by atoms with van der Waals surface area (Å²) in [5, 5.41) is 19.1. The van der Waals surface area contributed by atoms with Crippen molar-refractivity contribution in [2.45, 2.75) is 75.9 Å². The molecule has 0 radical (unpaired) electrons. The van der Waals surface area contributed by atoms with Gasteiger partial charge in [-0.2, -0.15) is 27.1 Å². The predicted octanol–water partition coefficient (Wildman–Crippen LogP) is 6.31. The van der Waals surface area contributed by atoms with Crippen LogP contribution in [0, 0.1) is 29.4 Å². The van der Waals surface area contributed by atoms with Gasteiger partial charge in [0, 0.05) is 35.2 Å². The lowest BCUT2D eigenvalue weighted by Gasteiger charge is -2.34. The minimum absolute atomic E-state index is 0.0214. The molecule has 4 aromatic rings. The lowest BCUT2D eigenvalue weighted by molar-refractivity contribution is -0.144. The zero-order chi connectivity index (χ0) is 37.3. The van der Waals surface area contributed by atoms with Crippen LogP contribution < -0.4 is 10.6 Å². The number of amides is 2. The first-order chi connectivity index (χ1) is 24.4. The van der Waals surface area contributed by atoms with E-state index in [-0.39, 0.29) is 48.7 Å². The summed E-state index contributed by atoms with van der Waals surface area (Å²) in [5.41, 5.74) is -2.34. The Morgan fingerprint density at radius 3 is 2.44 bits per heavy atom. The molecule has 270 valence electrons. The van der Waals surface area contributed by atoms with Crippen LogP contribution in [-0.2, 0) is 36.4 Å². The molecule has 1 saturated carbocycles. The van der Waals surface area contributed by atoms with Gasteiger partial charge in [-0.05, 0) is 92.0 Å². The number of rotatable bonds is 7. The molecule has 15 heteroatoms. The number of aliphatic hydroxyl groups is 1. The maximum Gasteiger partial charge on any atom is 0.435 e. The highest BCUT2D eigenvalue weighted by molar-refractivity contribution is 6.00. The average molecular weight is 726 g/mol. The number of benzene rings is 2. The number of fused-ring (bicyclic) bond motifs is 4. The van der Waals surface area contributed by atoms with Crippen LogP contribution in [0.4, 0.5) is 30.7 Å². The van der Waals surface area contributed by atoms with E-state index in [1.807, 2.05) is 0 Å². The number of nitrogens with zero attached hydrogens (tertiary/aromatic N) is 3. The molecule has 1 fully saturated rings. The van der Waals surface area contributed by atoms with Crippen LogP contribution in [0.1, 0.15) is 88.5 Å². The zero-order valence-corrected chi connectivity index (χ0v) is 27.6. The highest BCUT2D eigenvalue weighted by Gasteiger charge is 2.63. The van der Waals surface area contributed by atoms with Gasteiger partial charge in [0.1, 0.15) is 35.2 Å². The van der Waals surface area contributed by atoms with Crippen molar-refractivity contribution in [2.24, 2.45) is 5.92 Å². The molecule has 2 amide bonds. The third kappa shape index (κ3) is 6.40. The third-order valence-electron chi connectivity index (χ3n) is 9.56. The molecule has 2 aliphatic carbocycles. The van der Waals surface area contributed by atoms with E-state index in [9.17, 15) is 36.6 Å². The largest absolute Gasteiger partial charge is 0.435 e. The molecule has 3 atom stereocenters. The molecule has 3 N–H and O–H groups in total. The lowest BCUT2D eigenvalue weighted by Crippen LogP contribution is -2.36. The quantitative estimate of drug-likeness (QED) is 0.153. The van der Waals surface area contributed by atoms with E-state index < -0.39 is 76.6 Å². The van der Waals surface area contributed by atoms with Gasteiger partial charge < -0.3 is 15.7 Å². The van der Waals surface area contributed by atoms with Crippen molar-refractivity contribution in [3.8, 4) is 23.0 Å². The summed E-state index contributed by atoms with van der Waals surface area (Å²) >= 11 is 0. The summed E-state index contributed by atoms with van der Waals surface area (Å²) in [6.07, 6.45) is -5.22. The van der Waals surface area contributed by atoms with Gasteiger partial charge in [0.15, 0.2) is 5.69 Å². The summed E-state index contributed by atoms with van der Waals surface area (Å²) in [4.78, 5) is 31.0. The second-order valence-electron chi connectivity index (χ2n) is 13.7. The Kier molecular flexibility index (Phi) is 8.44. The van der Waals surface area contributed by atoms with Gasteiger partial charge in [0.05, 0.1) is 11.7 Å². The number of hydrogen-bond acceptors (Lipinski definition) is 5. The van der Waals surface area contributed by atoms with Crippen molar-refractivity contribution in [2.75, 3.05) is 0 Å². The molecule has 7 rings (SSSR count). The third-order valence-corrected chi connectivity index (χ3v) is 9.56. The first kappa shape index (κ1) is 35.2. The number of aromatic nitrogens is 3. The van der Waals surface area contributed by atoms with E-state index in [0.29, 0.717) is 33.0 Å². The maximum atomic E-state index is 15.5. The Bertz CT molecular complexity index is 2180. The van der Waals surface area contributed by atoms with Crippen LogP contribution in [0.2, 0.25) is 0 Å². The Morgan fingerprint density at radius 2 is 1.79 bits per heavy atom. The molecule has 1 aliphatic heterocycles. The number of alkyl halides is 5. The van der Waals surface area contributed by atoms with Crippen LogP contribution in [0.15, 0.2) is 48.5 Å². The molecular weight excluding hydrogens is 695 g/mol. The van der Waals surface area contributed by atoms with E-state index in [4.69, 9.17) is 0 Å². The first-order valence-corrected chi connectivity index (χ1v) is 16.4. The fourth-order valence-electron chi connectivity index (χ4n) is 7.28. The lowest BCUT2D eigenvalue weighted by atomic mass is 9.73. The van der Waals surface area contributed by atoms with Gasteiger partial charge in [0.2, 0.25) is 5.91 Å². The van der Waals surface area contributed by atoms with Crippen molar-refractivity contribution >= 4 is 11.8 Å². The highest BCUT2D eigenvalue weighted by atomic mass is 19.4. The molecule has 2 aromatic carbocycles. The molecule has 3 heterocycles. The smallest absolute Gasteiger partial charge is 0.378 e. The Labute approximate surface area is 292 Å². The molecule has 3 aliphatic rings. The summed E-state index contributed by atoms with van der Waals surface area (Å²) in [5.74, 6) is -3.86. The van der Waals surface area contributed by atoms with E-state index in [1.165, 1.54) is 19.9 Å². The first-order valence-electron chi connectivity index (χ1n) is 16.4. The molecule has 8 nitrogen and oxygen atoms in total. The van der Waals surface area contributed by atoms with E-state index in [2.05, 4.69) is 32.6 Å².